The van der Waals surface area contributed by atoms with Crippen LogP contribution in [0.5, 0.6) is 11.5 Å². The topological polar surface area (TPSA) is 92.2 Å². The van der Waals surface area contributed by atoms with Crippen molar-refractivity contribution in [3.8, 4) is 11.5 Å². The summed E-state index contributed by atoms with van der Waals surface area (Å²) in [6, 6.07) is 23.2. The maximum Gasteiger partial charge on any atom is 0.149 e. The van der Waals surface area contributed by atoms with E-state index in [1.807, 2.05) is 36.4 Å². The Morgan fingerprint density at radius 3 is 1.69 bits per heavy atom. The third kappa shape index (κ3) is 3.25. The van der Waals surface area contributed by atoms with Crippen molar-refractivity contribution in [3.05, 3.63) is 83.9 Å². The van der Waals surface area contributed by atoms with Crippen LogP contribution in [0.1, 0.15) is 11.1 Å². The molecule has 0 bridgehead atoms. The molecule has 0 aliphatic carbocycles. The van der Waals surface area contributed by atoms with Crippen molar-refractivity contribution in [1.29, 1.82) is 0 Å². The highest BCUT2D eigenvalue weighted by atomic mass is 32.2. The van der Waals surface area contributed by atoms with Crippen LogP contribution in [0, 0.1) is 0 Å². The summed E-state index contributed by atoms with van der Waals surface area (Å²) in [6.45, 7) is 0. The SMILES string of the molecule is NNOc1ccc(C2=Nc3ccc4c5c(ccc(c35)S2)N=C(c2ccc(O)cc2)S4)cc1. The average Bonchev–Trinajstić information content (AvgIpc) is 2.83. The average molecular weight is 457 g/mol. The lowest BCUT2D eigenvalue weighted by Gasteiger charge is -2.22. The van der Waals surface area contributed by atoms with Gasteiger partial charge >= 0.3 is 0 Å². The Bertz CT molecular complexity index is 1430. The third-order valence-corrected chi connectivity index (χ3v) is 7.45. The molecular weight excluding hydrogens is 440 g/mol. The fourth-order valence-corrected chi connectivity index (χ4v) is 5.91. The summed E-state index contributed by atoms with van der Waals surface area (Å²) in [4.78, 5) is 17.3. The Morgan fingerprint density at radius 1 is 0.688 bits per heavy atom. The molecule has 4 aromatic rings. The Morgan fingerprint density at radius 2 is 1.19 bits per heavy atom. The van der Waals surface area contributed by atoms with Crippen LogP contribution in [0.2, 0.25) is 0 Å². The van der Waals surface area contributed by atoms with Crippen LogP contribution in [0.3, 0.4) is 0 Å². The lowest BCUT2D eigenvalue weighted by atomic mass is 10.1. The van der Waals surface area contributed by atoms with E-state index in [1.165, 1.54) is 4.90 Å². The number of nitrogens with one attached hydrogen (secondary N) is 1. The van der Waals surface area contributed by atoms with Crippen LogP contribution >= 0.6 is 23.5 Å². The van der Waals surface area contributed by atoms with Gasteiger partial charge in [0.15, 0.2) is 0 Å². The van der Waals surface area contributed by atoms with Gasteiger partial charge in [0.25, 0.3) is 0 Å². The van der Waals surface area contributed by atoms with Crippen molar-refractivity contribution < 1.29 is 9.94 Å². The molecule has 0 spiro atoms. The number of hydrazine groups is 1. The van der Waals surface area contributed by atoms with Crippen molar-refractivity contribution in [1.82, 2.24) is 5.59 Å². The quantitative estimate of drug-likeness (QED) is 0.271. The first kappa shape index (κ1) is 19.4. The second kappa shape index (κ2) is 7.68. The van der Waals surface area contributed by atoms with Gasteiger partial charge in [0.1, 0.15) is 21.6 Å². The summed E-state index contributed by atoms with van der Waals surface area (Å²) in [6.07, 6.45) is 0. The van der Waals surface area contributed by atoms with E-state index >= 15 is 0 Å². The molecule has 0 saturated carbocycles. The van der Waals surface area contributed by atoms with Crippen LogP contribution in [-0.4, -0.2) is 15.2 Å². The molecule has 0 radical (unpaired) electrons. The third-order valence-electron chi connectivity index (χ3n) is 5.29. The van der Waals surface area contributed by atoms with E-state index in [0.29, 0.717) is 5.75 Å². The molecule has 4 N–H and O–H groups in total. The summed E-state index contributed by atoms with van der Waals surface area (Å²) in [5.41, 5.74) is 6.08. The Labute approximate surface area is 192 Å². The second-order valence-corrected chi connectivity index (χ2v) is 9.31. The molecule has 0 saturated heterocycles. The molecule has 4 aromatic carbocycles. The summed E-state index contributed by atoms with van der Waals surface area (Å²) < 4.78 is 0. The number of benzene rings is 4. The molecule has 6 rings (SSSR count). The number of rotatable bonds is 4. The molecule has 0 amide bonds. The first-order valence-electron chi connectivity index (χ1n) is 9.85. The summed E-state index contributed by atoms with van der Waals surface area (Å²) in [7, 11) is 0. The van der Waals surface area contributed by atoms with Crippen LogP contribution in [0.15, 0.2) is 92.6 Å². The highest BCUT2D eigenvalue weighted by Crippen LogP contribution is 2.50. The van der Waals surface area contributed by atoms with Gasteiger partial charge in [-0.1, -0.05) is 29.1 Å². The van der Waals surface area contributed by atoms with Gasteiger partial charge in [0.05, 0.1) is 11.4 Å². The molecule has 2 heterocycles. The van der Waals surface area contributed by atoms with E-state index in [0.717, 1.165) is 48.3 Å². The summed E-state index contributed by atoms with van der Waals surface area (Å²) in [5, 5.41) is 13.7. The lowest BCUT2D eigenvalue weighted by molar-refractivity contribution is 0.199. The first-order chi connectivity index (χ1) is 15.7. The smallest absolute Gasteiger partial charge is 0.149 e. The van der Waals surface area contributed by atoms with Crippen molar-refractivity contribution in [2.45, 2.75) is 9.79 Å². The van der Waals surface area contributed by atoms with Crippen molar-refractivity contribution in [2.24, 2.45) is 15.8 Å². The highest BCUT2D eigenvalue weighted by molar-refractivity contribution is 8.15. The van der Waals surface area contributed by atoms with E-state index < -0.39 is 0 Å². The van der Waals surface area contributed by atoms with E-state index in [1.54, 1.807) is 35.7 Å². The number of aromatic hydroxyl groups is 1. The van der Waals surface area contributed by atoms with Crippen molar-refractivity contribution in [3.63, 3.8) is 0 Å². The minimum Gasteiger partial charge on any atom is -0.508 e. The maximum atomic E-state index is 9.60. The summed E-state index contributed by atoms with van der Waals surface area (Å²) in [5.74, 6) is 6.09. The van der Waals surface area contributed by atoms with Gasteiger partial charge in [0.2, 0.25) is 0 Å². The minimum atomic E-state index is 0.248. The number of phenolic OH excluding ortho intramolecular Hbond substituents is 1. The fraction of sp³-hybridized carbons (Fsp3) is 0. The summed E-state index contributed by atoms with van der Waals surface area (Å²) >= 11 is 3.30. The molecular formula is C24H16N4O2S2. The number of phenols is 1. The van der Waals surface area contributed by atoms with Crippen LogP contribution in [0.4, 0.5) is 11.4 Å². The molecule has 0 fully saturated rings. The zero-order valence-corrected chi connectivity index (χ0v) is 18.2. The normalized spacial score (nSPS) is 14.2. The van der Waals surface area contributed by atoms with Gasteiger partial charge in [-0.15, -0.1) is 0 Å². The molecule has 0 atom stereocenters. The Kier molecular flexibility index (Phi) is 4.65. The van der Waals surface area contributed by atoms with Crippen LogP contribution in [0.25, 0.3) is 10.8 Å². The van der Waals surface area contributed by atoms with Gasteiger partial charge in [-0.2, -0.15) is 0 Å². The number of nitrogens with two attached hydrogens (primary N) is 1. The van der Waals surface area contributed by atoms with E-state index in [-0.39, 0.29) is 5.75 Å². The van der Waals surface area contributed by atoms with Gasteiger partial charge in [-0.3, -0.25) is 0 Å². The minimum absolute atomic E-state index is 0.248. The highest BCUT2D eigenvalue weighted by Gasteiger charge is 2.24. The van der Waals surface area contributed by atoms with E-state index in [4.69, 9.17) is 20.7 Å². The predicted octanol–water partition coefficient (Wildman–Crippen LogP) is 5.67. The number of thioether (sulfide) groups is 2. The molecule has 32 heavy (non-hydrogen) atoms. The molecule has 156 valence electrons. The number of hydrogen-bond acceptors (Lipinski definition) is 8. The molecule has 2 aliphatic rings. The Balaban J connectivity index is 1.43. The second-order valence-electron chi connectivity index (χ2n) is 7.24. The molecule has 8 heteroatoms. The van der Waals surface area contributed by atoms with Gasteiger partial charge in [0, 0.05) is 31.7 Å². The first-order valence-corrected chi connectivity index (χ1v) is 11.5. The van der Waals surface area contributed by atoms with Crippen molar-refractivity contribution >= 4 is 55.8 Å². The van der Waals surface area contributed by atoms with E-state index in [2.05, 4.69) is 29.9 Å². The molecule has 0 aromatic heterocycles. The van der Waals surface area contributed by atoms with Crippen LogP contribution < -0.4 is 16.3 Å². The number of hydrogen-bond donors (Lipinski definition) is 3. The Hall–Kier alpha value is -3.30. The standard InChI is InChI=1S/C24H16N4O2S2/c25-28-30-16-7-3-14(4-8-16)24-27-18-10-11-19-21-17(9-12-20(32-24)22(18)21)26-23(31-19)13-1-5-15(29)6-2-13/h1-12,28-29H,25H2. The van der Waals surface area contributed by atoms with Gasteiger partial charge in [-0.05, 0) is 72.8 Å². The monoisotopic (exact) mass is 456 g/mol. The maximum absolute atomic E-state index is 9.60. The van der Waals surface area contributed by atoms with Crippen LogP contribution in [-0.2, 0) is 0 Å². The molecule has 2 aliphatic heterocycles. The number of nitrogens with zero attached hydrogens (tertiary/aromatic N) is 2. The van der Waals surface area contributed by atoms with E-state index in [9.17, 15) is 5.11 Å². The molecule has 6 nitrogen and oxygen atoms in total. The van der Waals surface area contributed by atoms with Crippen molar-refractivity contribution in [2.75, 3.05) is 0 Å². The zero-order chi connectivity index (χ0) is 21.7. The zero-order valence-electron chi connectivity index (χ0n) is 16.6. The van der Waals surface area contributed by atoms with Gasteiger partial charge in [-0.25, -0.2) is 15.8 Å². The number of aliphatic imine (C=N–C) groups is 2. The molecule has 0 unspecified atom stereocenters. The fourth-order valence-electron chi connectivity index (χ4n) is 3.81. The van der Waals surface area contributed by atoms with Gasteiger partial charge < -0.3 is 9.94 Å². The lowest BCUT2D eigenvalue weighted by Crippen LogP contribution is -2.25. The predicted molar refractivity (Wildman–Crippen MR) is 131 cm³/mol. The largest absolute Gasteiger partial charge is 0.508 e.